The molecule has 2 aliphatic rings. The summed E-state index contributed by atoms with van der Waals surface area (Å²) in [4.78, 5) is 16.1. The van der Waals surface area contributed by atoms with Crippen LogP contribution in [-0.2, 0) is 19.4 Å². The SMILES string of the molecule is CC.Cc1ncc(-c2ccc3c(c2)OCc2cc4c(cc2-3)CCc2[nH]c(C(C)C)nc2-4)[nH]1. The Labute approximate surface area is 189 Å². The molecule has 5 heteroatoms. The lowest BCUT2D eigenvalue weighted by molar-refractivity contribution is 0.302. The number of nitrogens with zero attached hydrogens (tertiary/aromatic N) is 2. The fourth-order valence-corrected chi connectivity index (χ4v) is 4.61. The van der Waals surface area contributed by atoms with Crippen molar-refractivity contribution in [2.75, 3.05) is 0 Å². The fourth-order valence-electron chi connectivity index (χ4n) is 4.61. The molecule has 1 aliphatic heterocycles. The van der Waals surface area contributed by atoms with E-state index in [2.05, 4.69) is 59.1 Å². The zero-order valence-corrected chi connectivity index (χ0v) is 19.5. The predicted molar refractivity (Wildman–Crippen MR) is 129 cm³/mol. The topological polar surface area (TPSA) is 66.6 Å². The molecule has 164 valence electrons. The predicted octanol–water partition coefficient (Wildman–Crippen LogP) is 6.58. The van der Waals surface area contributed by atoms with E-state index in [1.807, 2.05) is 27.0 Å². The van der Waals surface area contributed by atoms with Gasteiger partial charge in [0, 0.05) is 28.3 Å². The molecule has 0 fully saturated rings. The molecular weight excluding hydrogens is 396 g/mol. The third-order valence-corrected chi connectivity index (χ3v) is 6.24. The van der Waals surface area contributed by atoms with Gasteiger partial charge in [-0.15, -0.1) is 0 Å². The Bertz CT molecular complexity index is 1300. The van der Waals surface area contributed by atoms with Gasteiger partial charge < -0.3 is 14.7 Å². The van der Waals surface area contributed by atoms with E-state index in [1.165, 1.54) is 27.9 Å². The van der Waals surface area contributed by atoms with E-state index in [-0.39, 0.29) is 0 Å². The number of rotatable bonds is 2. The first-order valence-electron chi connectivity index (χ1n) is 11.6. The number of aryl methyl sites for hydroxylation is 3. The van der Waals surface area contributed by atoms with Crippen LogP contribution in [0, 0.1) is 6.92 Å². The number of benzene rings is 2. The summed E-state index contributed by atoms with van der Waals surface area (Å²) in [5, 5.41) is 0. The number of nitrogens with one attached hydrogen (secondary N) is 2. The summed E-state index contributed by atoms with van der Waals surface area (Å²) in [6.45, 7) is 10.9. The van der Waals surface area contributed by atoms with Crippen molar-refractivity contribution in [3.8, 4) is 39.4 Å². The Kier molecular flexibility index (Phi) is 5.12. The van der Waals surface area contributed by atoms with Gasteiger partial charge in [-0.05, 0) is 60.7 Å². The maximum absolute atomic E-state index is 6.18. The summed E-state index contributed by atoms with van der Waals surface area (Å²) >= 11 is 0. The van der Waals surface area contributed by atoms with E-state index in [0.29, 0.717) is 12.5 Å². The first kappa shape index (κ1) is 20.6. The highest BCUT2D eigenvalue weighted by Crippen LogP contribution is 2.44. The number of ether oxygens (including phenoxy) is 1. The number of aromatic nitrogens is 4. The Hall–Kier alpha value is -3.34. The molecule has 0 radical (unpaired) electrons. The van der Waals surface area contributed by atoms with Crippen LogP contribution in [0.25, 0.3) is 33.6 Å². The van der Waals surface area contributed by atoms with Crippen LogP contribution in [0.1, 0.15) is 62.1 Å². The van der Waals surface area contributed by atoms with E-state index in [9.17, 15) is 0 Å². The number of H-pyrrole nitrogens is 2. The molecule has 0 amide bonds. The molecule has 1 aliphatic carbocycles. The smallest absolute Gasteiger partial charge is 0.128 e. The van der Waals surface area contributed by atoms with Crippen molar-refractivity contribution in [3.63, 3.8) is 0 Å². The quantitative estimate of drug-likeness (QED) is 0.380. The Morgan fingerprint density at radius 3 is 2.50 bits per heavy atom. The fraction of sp³-hybridized carbons (Fsp3) is 0.333. The molecular formula is C27H30N4O. The van der Waals surface area contributed by atoms with E-state index in [4.69, 9.17) is 9.72 Å². The van der Waals surface area contributed by atoms with E-state index in [1.54, 1.807) is 0 Å². The summed E-state index contributed by atoms with van der Waals surface area (Å²) in [6, 6.07) is 11.1. The second-order valence-electron chi connectivity index (χ2n) is 8.65. The van der Waals surface area contributed by atoms with Crippen molar-refractivity contribution < 1.29 is 4.74 Å². The van der Waals surface area contributed by atoms with Crippen LogP contribution < -0.4 is 4.74 Å². The average molecular weight is 427 g/mol. The lowest BCUT2D eigenvalue weighted by Crippen LogP contribution is -2.10. The second-order valence-corrected chi connectivity index (χ2v) is 8.65. The molecule has 0 unspecified atom stereocenters. The molecule has 0 spiro atoms. The molecule has 0 bridgehead atoms. The third-order valence-electron chi connectivity index (χ3n) is 6.24. The van der Waals surface area contributed by atoms with Gasteiger partial charge in [0.15, 0.2) is 0 Å². The van der Waals surface area contributed by atoms with E-state index >= 15 is 0 Å². The standard InChI is InChI=1S/C25H24N4O.C2H6/c1-13(2)25-28-21-7-5-15-8-19-17(9-20(15)24(21)29-25)12-30-23-10-16(4-6-18(19)23)22-11-26-14(3)27-22;1-2/h4,6,8-11,13H,5,7,12H2,1-3H3,(H,26,27)(H,28,29);1-2H3. The molecule has 3 heterocycles. The van der Waals surface area contributed by atoms with Crippen molar-refractivity contribution >= 4 is 0 Å². The van der Waals surface area contributed by atoms with Gasteiger partial charge in [-0.3, -0.25) is 0 Å². The number of fused-ring (bicyclic) bond motifs is 6. The van der Waals surface area contributed by atoms with Crippen LogP contribution in [0.3, 0.4) is 0 Å². The van der Waals surface area contributed by atoms with Gasteiger partial charge in [0.2, 0.25) is 0 Å². The van der Waals surface area contributed by atoms with E-state index in [0.717, 1.165) is 52.8 Å². The van der Waals surface area contributed by atoms with Crippen molar-refractivity contribution in [1.29, 1.82) is 0 Å². The van der Waals surface area contributed by atoms with Crippen LogP contribution in [0.2, 0.25) is 0 Å². The molecule has 0 atom stereocenters. The van der Waals surface area contributed by atoms with Crippen LogP contribution in [0.5, 0.6) is 5.75 Å². The lowest BCUT2D eigenvalue weighted by atomic mass is 9.85. The Morgan fingerprint density at radius 2 is 1.75 bits per heavy atom. The van der Waals surface area contributed by atoms with Crippen molar-refractivity contribution in [1.82, 2.24) is 19.9 Å². The van der Waals surface area contributed by atoms with E-state index < -0.39 is 0 Å². The maximum atomic E-state index is 6.18. The van der Waals surface area contributed by atoms with Crippen LogP contribution in [-0.4, -0.2) is 19.9 Å². The van der Waals surface area contributed by atoms with Gasteiger partial charge in [-0.25, -0.2) is 9.97 Å². The second kappa shape index (κ2) is 7.97. The van der Waals surface area contributed by atoms with Gasteiger partial charge >= 0.3 is 0 Å². The number of imidazole rings is 2. The molecule has 32 heavy (non-hydrogen) atoms. The third kappa shape index (κ3) is 3.32. The van der Waals surface area contributed by atoms with Crippen LogP contribution in [0.4, 0.5) is 0 Å². The van der Waals surface area contributed by atoms with Gasteiger partial charge in [0.1, 0.15) is 24.0 Å². The van der Waals surface area contributed by atoms with Crippen molar-refractivity contribution in [2.45, 2.75) is 60.0 Å². The number of aromatic amines is 2. The highest BCUT2D eigenvalue weighted by Gasteiger charge is 2.26. The Balaban J connectivity index is 0.00000105. The summed E-state index contributed by atoms with van der Waals surface area (Å²) in [6.07, 6.45) is 3.93. The highest BCUT2D eigenvalue weighted by molar-refractivity contribution is 5.83. The summed E-state index contributed by atoms with van der Waals surface area (Å²) < 4.78 is 6.18. The summed E-state index contributed by atoms with van der Waals surface area (Å²) in [5.74, 6) is 3.33. The Morgan fingerprint density at radius 1 is 0.938 bits per heavy atom. The van der Waals surface area contributed by atoms with Gasteiger partial charge in [0.05, 0.1) is 17.6 Å². The highest BCUT2D eigenvalue weighted by atomic mass is 16.5. The normalized spacial score (nSPS) is 13.3. The van der Waals surface area contributed by atoms with Crippen LogP contribution >= 0.6 is 0 Å². The minimum absolute atomic E-state index is 0.403. The van der Waals surface area contributed by atoms with Gasteiger partial charge in [-0.1, -0.05) is 33.8 Å². The molecule has 2 aromatic carbocycles. The van der Waals surface area contributed by atoms with Gasteiger partial charge in [0.25, 0.3) is 0 Å². The average Bonchev–Trinajstić information content (AvgIpc) is 3.45. The summed E-state index contributed by atoms with van der Waals surface area (Å²) in [7, 11) is 0. The van der Waals surface area contributed by atoms with Gasteiger partial charge in [-0.2, -0.15) is 0 Å². The minimum atomic E-state index is 0.403. The molecule has 0 saturated carbocycles. The molecule has 4 aromatic rings. The molecule has 5 nitrogen and oxygen atoms in total. The zero-order chi connectivity index (χ0) is 22.4. The number of hydrogen-bond donors (Lipinski definition) is 2. The summed E-state index contributed by atoms with van der Waals surface area (Å²) in [5.41, 5.74) is 10.8. The molecule has 2 N–H and O–H groups in total. The largest absolute Gasteiger partial charge is 0.488 e. The van der Waals surface area contributed by atoms with Crippen molar-refractivity contribution in [3.05, 3.63) is 65.0 Å². The van der Waals surface area contributed by atoms with Crippen molar-refractivity contribution in [2.24, 2.45) is 0 Å². The number of hydrogen-bond acceptors (Lipinski definition) is 3. The molecule has 6 rings (SSSR count). The molecule has 2 aromatic heterocycles. The maximum Gasteiger partial charge on any atom is 0.128 e. The lowest BCUT2D eigenvalue weighted by Gasteiger charge is -2.25. The first-order valence-corrected chi connectivity index (χ1v) is 11.6. The monoisotopic (exact) mass is 426 g/mol. The zero-order valence-electron chi connectivity index (χ0n) is 19.5. The minimum Gasteiger partial charge on any atom is -0.488 e. The van der Waals surface area contributed by atoms with Crippen LogP contribution in [0.15, 0.2) is 36.5 Å². The first-order chi connectivity index (χ1) is 15.6. The molecule has 0 saturated heterocycles.